The lowest BCUT2D eigenvalue weighted by atomic mass is 10.2. The van der Waals surface area contributed by atoms with Crippen LogP contribution in [-0.4, -0.2) is 17.6 Å². The predicted molar refractivity (Wildman–Crippen MR) is 86.2 cm³/mol. The molecule has 1 aromatic heterocycles. The lowest BCUT2D eigenvalue weighted by Gasteiger charge is -2.09. The van der Waals surface area contributed by atoms with E-state index < -0.39 is 0 Å². The van der Waals surface area contributed by atoms with Gasteiger partial charge in [0.15, 0.2) is 5.11 Å². The Morgan fingerprint density at radius 3 is 2.57 bits per heavy atom. The summed E-state index contributed by atoms with van der Waals surface area (Å²) in [6.45, 7) is 3.11. The van der Waals surface area contributed by atoms with Crippen LogP contribution < -0.4 is 16.0 Å². The van der Waals surface area contributed by atoms with E-state index in [4.69, 9.17) is 16.6 Å². The number of anilines is 1. The molecule has 0 aliphatic heterocycles. The van der Waals surface area contributed by atoms with Gasteiger partial charge < -0.3 is 20.4 Å². The number of furan rings is 1. The molecule has 0 fully saturated rings. The predicted octanol–water partition coefficient (Wildman–Crippen LogP) is 2.52. The van der Waals surface area contributed by atoms with Gasteiger partial charge in [0.2, 0.25) is 0 Å². The fourth-order valence-electron chi connectivity index (χ4n) is 1.72. The molecule has 2 aromatic rings. The Morgan fingerprint density at radius 1 is 1.19 bits per heavy atom. The molecule has 0 atom stereocenters. The van der Waals surface area contributed by atoms with Crippen LogP contribution >= 0.6 is 12.2 Å². The van der Waals surface area contributed by atoms with E-state index in [1.54, 1.807) is 24.5 Å². The number of benzene rings is 1. The SMILES string of the molecule is CCNC(=S)Nc1ccc(C(=O)NCc2ccco2)cc1. The molecule has 0 spiro atoms. The molecule has 6 heteroatoms. The summed E-state index contributed by atoms with van der Waals surface area (Å²) in [7, 11) is 0. The summed E-state index contributed by atoms with van der Waals surface area (Å²) in [6.07, 6.45) is 1.58. The quantitative estimate of drug-likeness (QED) is 0.741. The fraction of sp³-hybridized carbons (Fsp3) is 0.200. The molecular formula is C15H17N3O2S. The van der Waals surface area contributed by atoms with Crippen LogP contribution in [0.15, 0.2) is 47.1 Å². The first-order valence-corrected chi connectivity index (χ1v) is 7.05. The fourth-order valence-corrected chi connectivity index (χ4v) is 1.99. The van der Waals surface area contributed by atoms with Crippen LogP contribution in [0.25, 0.3) is 0 Å². The molecule has 0 saturated carbocycles. The Hall–Kier alpha value is -2.34. The largest absolute Gasteiger partial charge is 0.467 e. The molecule has 0 aliphatic carbocycles. The molecule has 3 N–H and O–H groups in total. The second-order valence-corrected chi connectivity index (χ2v) is 4.73. The second kappa shape index (κ2) is 7.44. The Balaban J connectivity index is 1.88. The van der Waals surface area contributed by atoms with Crippen molar-refractivity contribution in [3.63, 3.8) is 0 Å². The van der Waals surface area contributed by atoms with Crippen LogP contribution in [-0.2, 0) is 6.54 Å². The Labute approximate surface area is 128 Å². The zero-order valence-corrected chi connectivity index (χ0v) is 12.5. The third-order valence-electron chi connectivity index (χ3n) is 2.75. The van der Waals surface area contributed by atoms with Crippen molar-refractivity contribution >= 4 is 28.9 Å². The van der Waals surface area contributed by atoms with Crippen molar-refractivity contribution in [2.45, 2.75) is 13.5 Å². The minimum absolute atomic E-state index is 0.146. The first-order chi connectivity index (χ1) is 10.2. The lowest BCUT2D eigenvalue weighted by molar-refractivity contribution is 0.0948. The molecule has 21 heavy (non-hydrogen) atoms. The molecule has 110 valence electrons. The lowest BCUT2D eigenvalue weighted by Crippen LogP contribution is -2.28. The van der Waals surface area contributed by atoms with Crippen molar-refractivity contribution in [1.29, 1.82) is 0 Å². The van der Waals surface area contributed by atoms with Gasteiger partial charge in [0, 0.05) is 17.8 Å². The van der Waals surface area contributed by atoms with Crippen LogP contribution in [0.1, 0.15) is 23.0 Å². The third-order valence-corrected chi connectivity index (χ3v) is 2.99. The second-order valence-electron chi connectivity index (χ2n) is 4.32. The van der Waals surface area contributed by atoms with Crippen LogP contribution in [0.2, 0.25) is 0 Å². The molecule has 0 saturated heterocycles. The highest BCUT2D eigenvalue weighted by atomic mass is 32.1. The number of thiocarbonyl (C=S) groups is 1. The molecule has 1 aromatic carbocycles. The summed E-state index contributed by atoms with van der Waals surface area (Å²) in [5, 5.41) is 9.39. The van der Waals surface area contributed by atoms with E-state index >= 15 is 0 Å². The van der Waals surface area contributed by atoms with Gasteiger partial charge in [-0.25, -0.2) is 0 Å². The minimum atomic E-state index is -0.146. The zero-order valence-electron chi connectivity index (χ0n) is 11.7. The average molecular weight is 303 g/mol. The number of rotatable bonds is 5. The van der Waals surface area contributed by atoms with Crippen LogP contribution in [0.3, 0.4) is 0 Å². The van der Waals surface area contributed by atoms with Gasteiger partial charge >= 0.3 is 0 Å². The summed E-state index contributed by atoms with van der Waals surface area (Å²) in [5.74, 6) is 0.574. The van der Waals surface area contributed by atoms with E-state index in [9.17, 15) is 4.79 Å². The van der Waals surface area contributed by atoms with E-state index in [-0.39, 0.29) is 5.91 Å². The van der Waals surface area contributed by atoms with Gasteiger partial charge in [0.05, 0.1) is 12.8 Å². The summed E-state index contributed by atoms with van der Waals surface area (Å²) in [5.41, 5.74) is 1.42. The highest BCUT2D eigenvalue weighted by Gasteiger charge is 2.06. The Bertz CT molecular complexity index is 594. The monoisotopic (exact) mass is 303 g/mol. The number of hydrogen-bond acceptors (Lipinski definition) is 3. The Morgan fingerprint density at radius 2 is 1.95 bits per heavy atom. The van der Waals surface area contributed by atoms with Gasteiger partial charge in [0.1, 0.15) is 5.76 Å². The molecule has 1 amide bonds. The molecular weight excluding hydrogens is 286 g/mol. The molecule has 2 rings (SSSR count). The van der Waals surface area contributed by atoms with Crippen LogP contribution in [0.4, 0.5) is 5.69 Å². The normalized spacial score (nSPS) is 9.95. The molecule has 0 aliphatic rings. The molecule has 0 radical (unpaired) electrons. The van der Waals surface area contributed by atoms with E-state index in [1.165, 1.54) is 0 Å². The Kier molecular flexibility index (Phi) is 5.34. The maximum atomic E-state index is 12.0. The number of hydrogen-bond donors (Lipinski definition) is 3. The van der Waals surface area contributed by atoms with E-state index in [0.717, 1.165) is 18.0 Å². The number of amides is 1. The van der Waals surface area contributed by atoms with Gasteiger partial charge in [-0.1, -0.05) is 0 Å². The molecule has 0 unspecified atom stereocenters. The third kappa shape index (κ3) is 4.61. The topological polar surface area (TPSA) is 66.3 Å². The maximum absolute atomic E-state index is 12.0. The number of nitrogens with one attached hydrogen (secondary N) is 3. The summed E-state index contributed by atoms with van der Waals surface area (Å²) >= 11 is 5.09. The summed E-state index contributed by atoms with van der Waals surface area (Å²) in [4.78, 5) is 12.0. The highest BCUT2D eigenvalue weighted by molar-refractivity contribution is 7.80. The molecule has 5 nitrogen and oxygen atoms in total. The van der Waals surface area contributed by atoms with Gasteiger partial charge in [-0.3, -0.25) is 4.79 Å². The van der Waals surface area contributed by atoms with Crippen molar-refractivity contribution < 1.29 is 9.21 Å². The smallest absolute Gasteiger partial charge is 0.251 e. The first-order valence-electron chi connectivity index (χ1n) is 6.64. The summed E-state index contributed by atoms with van der Waals surface area (Å²) < 4.78 is 5.16. The summed E-state index contributed by atoms with van der Waals surface area (Å²) in [6, 6.07) is 10.7. The van der Waals surface area contributed by atoms with Gasteiger partial charge in [-0.2, -0.15) is 0 Å². The number of carbonyl (C=O) groups is 1. The zero-order chi connectivity index (χ0) is 15.1. The maximum Gasteiger partial charge on any atom is 0.251 e. The van der Waals surface area contributed by atoms with Crippen molar-refractivity contribution in [3.8, 4) is 0 Å². The van der Waals surface area contributed by atoms with E-state index in [2.05, 4.69) is 16.0 Å². The van der Waals surface area contributed by atoms with Crippen LogP contribution in [0.5, 0.6) is 0 Å². The highest BCUT2D eigenvalue weighted by Crippen LogP contribution is 2.10. The van der Waals surface area contributed by atoms with Gasteiger partial charge in [-0.05, 0) is 55.5 Å². The van der Waals surface area contributed by atoms with Crippen molar-refractivity contribution in [2.75, 3.05) is 11.9 Å². The standard InChI is InChI=1S/C15H17N3O2S/c1-2-16-15(21)18-12-7-5-11(6-8-12)14(19)17-10-13-4-3-9-20-13/h3-9H,2,10H2,1H3,(H,17,19)(H2,16,18,21). The molecule has 0 bridgehead atoms. The molecule has 1 heterocycles. The first kappa shape index (κ1) is 15.1. The van der Waals surface area contributed by atoms with E-state index in [0.29, 0.717) is 17.2 Å². The van der Waals surface area contributed by atoms with Gasteiger partial charge in [-0.15, -0.1) is 0 Å². The van der Waals surface area contributed by atoms with Crippen molar-refractivity contribution in [2.24, 2.45) is 0 Å². The van der Waals surface area contributed by atoms with Crippen molar-refractivity contribution in [3.05, 3.63) is 54.0 Å². The van der Waals surface area contributed by atoms with Crippen LogP contribution in [0, 0.1) is 0 Å². The van der Waals surface area contributed by atoms with Gasteiger partial charge in [0.25, 0.3) is 5.91 Å². The number of carbonyl (C=O) groups excluding carboxylic acids is 1. The minimum Gasteiger partial charge on any atom is -0.467 e. The van der Waals surface area contributed by atoms with Crippen molar-refractivity contribution in [1.82, 2.24) is 10.6 Å². The van der Waals surface area contributed by atoms with E-state index in [1.807, 2.05) is 25.1 Å². The average Bonchev–Trinajstić information content (AvgIpc) is 2.99.